The minimum Gasteiger partial charge on any atom is -0.375 e. The molecular formula is C17H23N3O3. The summed E-state index contributed by atoms with van der Waals surface area (Å²) in [5, 5.41) is 0. The molecule has 0 N–H and O–H groups in total. The van der Waals surface area contributed by atoms with Gasteiger partial charge < -0.3 is 9.64 Å². The number of benzene rings is 1. The molecule has 1 aromatic heterocycles. The van der Waals surface area contributed by atoms with E-state index in [9.17, 15) is 9.59 Å². The van der Waals surface area contributed by atoms with Crippen LogP contribution in [0.5, 0.6) is 0 Å². The first kappa shape index (κ1) is 15.8. The zero-order valence-electron chi connectivity index (χ0n) is 13.7. The highest BCUT2D eigenvalue weighted by Crippen LogP contribution is 2.13. The second-order valence-corrected chi connectivity index (χ2v) is 5.97. The fraction of sp³-hybridized carbons (Fsp3) is 0.529. The summed E-state index contributed by atoms with van der Waals surface area (Å²) in [4.78, 5) is 26.6. The molecule has 124 valence electrons. The average Bonchev–Trinajstić information content (AvgIpc) is 2.84. The maximum absolute atomic E-state index is 12.4. The van der Waals surface area contributed by atoms with Crippen LogP contribution in [0, 0.1) is 0 Å². The number of imidazole rings is 1. The minimum absolute atomic E-state index is 0.0765. The highest BCUT2D eigenvalue weighted by Gasteiger charge is 2.23. The van der Waals surface area contributed by atoms with Crippen molar-refractivity contribution in [2.45, 2.75) is 32.4 Å². The summed E-state index contributed by atoms with van der Waals surface area (Å²) >= 11 is 0. The number of fused-ring (bicyclic) bond motifs is 1. The summed E-state index contributed by atoms with van der Waals surface area (Å²) in [6, 6.07) is 7.66. The van der Waals surface area contributed by atoms with Crippen LogP contribution in [-0.2, 0) is 23.1 Å². The summed E-state index contributed by atoms with van der Waals surface area (Å²) in [5.41, 5.74) is 1.69. The maximum atomic E-state index is 12.4. The molecule has 0 radical (unpaired) electrons. The van der Waals surface area contributed by atoms with Crippen molar-refractivity contribution in [3.8, 4) is 0 Å². The largest absolute Gasteiger partial charge is 0.375 e. The Morgan fingerprint density at radius 3 is 2.78 bits per heavy atom. The van der Waals surface area contributed by atoms with Gasteiger partial charge in [-0.2, -0.15) is 0 Å². The van der Waals surface area contributed by atoms with Gasteiger partial charge in [-0.3, -0.25) is 13.9 Å². The molecule has 0 saturated carbocycles. The van der Waals surface area contributed by atoms with E-state index in [1.165, 1.54) is 0 Å². The normalized spacial score (nSPS) is 18.5. The number of carbonyl (C=O) groups is 1. The fourth-order valence-electron chi connectivity index (χ4n) is 3.14. The molecule has 6 nitrogen and oxygen atoms in total. The third-order valence-electron chi connectivity index (χ3n) is 4.55. The topological polar surface area (TPSA) is 56.5 Å². The summed E-state index contributed by atoms with van der Waals surface area (Å²) in [6.07, 6.45) is 1.38. The van der Waals surface area contributed by atoms with Crippen molar-refractivity contribution < 1.29 is 9.53 Å². The first-order valence-electron chi connectivity index (χ1n) is 8.15. The first-order chi connectivity index (χ1) is 11.1. The third kappa shape index (κ3) is 3.03. The predicted octanol–water partition coefficient (Wildman–Crippen LogP) is 1.37. The van der Waals surface area contributed by atoms with Crippen molar-refractivity contribution >= 4 is 16.9 Å². The summed E-state index contributed by atoms with van der Waals surface area (Å²) in [7, 11) is 1.76. The van der Waals surface area contributed by atoms with Crippen LogP contribution in [0.2, 0.25) is 0 Å². The van der Waals surface area contributed by atoms with Crippen LogP contribution in [0.3, 0.4) is 0 Å². The van der Waals surface area contributed by atoms with E-state index >= 15 is 0 Å². The van der Waals surface area contributed by atoms with Gasteiger partial charge in [-0.25, -0.2) is 4.79 Å². The van der Waals surface area contributed by atoms with Gasteiger partial charge >= 0.3 is 5.69 Å². The molecule has 0 spiro atoms. The van der Waals surface area contributed by atoms with Crippen molar-refractivity contribution in [1.82, 2.24) is 14.0 Å². The van der Waals surface area contributed by atoms with Crippen LogP contribution in [0.1, 0.15) is 19.8 Å². The van der Waals surface area contributed by atoms with E-state index in [0.717, 1.165) is 17.5 Å². The van der Waals surface area contributed by atoms with Crippen LogP contribution >= 0.6 is 0 Å². The number of morpholine rings is 1. The Bertz CT molecular complexity index is 762. The molecule has 2 heterocycles. The van der Waals surface area contributed by atoms with Gasteiger partial charge in [0.25, 0.3) is 0 Å². The predicted molar refractivity (Wildman–Crippen MR) is 88.4 cm³/mol. The molecule has 1 fully saturated rings. The van der Waals surface area contributed by atoms with E-state index in [0.29, 0.717) is 32.7 Å². The number of ether oxygens (including phenoxy) is 1. The average molecular weight is 317 g/mol. The van der Waals surface area contributed by atoms with Crippen molar-refractivity contribution in [3.05, 3.63) is 34.7 Å². The Morgan fingerprint density at radius 1 is 1.30 bits per heavy atom. The van der Waals surface area contributed by atoms with Gasteiger partial charge in [-0.05, 0) is 18.6 Å². The lowest BCUT2D eigenvalue weighted by molar-refractivity contribution is -0.139. The number of rotatable bonds is 4. The third-order valence-corrected chi connectivity index (χ3v) is 4.55. The van der Waals surface area contributed by atoms with E-state index in [1.54, 1.807) is 16.2 Å². The molecule has 23 heavy (non-hydrogen) atoms. The number of aryl methyl sites for hydroxylation is 2. The van der Waals surface area contributed by atoms with Gasteiger partial charge in [0.05, 0.1) is 23.7 Å². The molecule has 1 amide bonds. The number of nitrogens with zero attached hydrogens (tertiary/aromatic N) is 3. The fourth-order valence-corrected chi connectivity index (χ4v) is 3.14. The molecule has 1 saturated heterocycles. The monoisotopic (exact) mass is 317 g/mol. The van der Waals surface area contributed by atoms with Gasteiger partial charge in [-0.15, -0.1) is 0 Å². The van der Waals surface area contributed by atoms with Crippen LogP contribution in [0.15, 0.2) is 29.1 Å². The SMILES string of the molecule is CC[C@@H]1CN(C(=O)CCn2c(=O)n(C)c3ccccc32)CCO1. The molecule has 0 unspecified atom stereocenters. The molecule has 1 aliphatic rings. The number of aromatic nitrogens is 2. The van der Waals surface area contributed by atoms with Crippen molar-refractivity contribution in [3.63, 3.8) is 0 Å². The number of amides is 1. The van der Waals surface area contributed by atoms with Crippen molar-refractivity contribution in [1.29, 1.82) is 0 Å². The molecule has 1 atom stereocenters. The molecule has 1 aromatic carbocycles. The standard InChI is InChI=1S/C17H23N3O3/c1-3-13-12-19(10-11-23-13)16(21)8-9-20-15-7-5-4-6-14(15)18(2)17(20)22/h4-7,13H,3,8-12H2,1-2H3/t13-/m1/s1. The molecule has 0 aliphatic carbocycles. The van der Waals surface area contributed by atoms with Crippen LogP contribution < -0.4 is 5.69 Å². The van der Waals surface area contributed by atoms with Gasteiger partial charge in [0.15, 0.2) is 0 Å². The van der Waals surface area contributed by atoms with Crippen molar-refractivity contribution in [2.24, 2.45) is 7.05 Å². The van der Waals surface area contributed by atoms with Crippen LogP contribution in [-0.4, -0.2) is 45.7 Å². The first-order valence-corrected chi connectivity index (χ1v) is 8.15. The Morgan fingerprint density at radius 2 is 2.04 bits per heavy atom. The second-order valence-electron chi connectivity index (χ2n) is 5.97. The molecular weight excluding hydrogens is 294 g/mol. The highest BCUT2D eigenvalue weighted by molar-refractivity contribution is 5.78. The number of carbonyl (C=O) groups excluding carboxylic acids is 1. The summed E-state index contributed by atoms with van der Waals surface area (Å²) in [6.45, 7) is 4.36. The quantitative estimate of drug-likeness (QED) is 0.856. The number of para-hydroxylation sites is 2. The van der Waals surface area contributed by atoms with E-state index in [-0.39, 0.29) is 17.7 Å². The lowest BCUT2D eigenvalue weighted by Gasteiger charge is -2.32. The molecule has 3 rings (SSSR count). The number of hydrogen-bond acceptors (Lipinski definition) is 3. The van der Waals surface area contributed by atoms with Gasteiger partial charge in [-0.1, -0.05) is 19.1 Å². The Kier molecular flexibility index (Phi) is 4.52. The van der Waals surface area contributed by atoms with Crippen LogP contribution in [0.25, 0.3) is 11.0 Å². The summed E-state index contributed by atoms with van der Waals surface area (Å²) in [5.74, 6) is 0.0894. The van der Waals surface area contributed by atoms with E-state index in [4.69, 9.17) is 4.74 Å². The smallest absolute Gasteiger partial charge is 0.328 e. The van der Waals surface area contributed by atoms with Gasteiger partial charge in [0, 0.05) is 33.1 Å². The zero-order chi connectivity index (χ0) is 16.4. The lowest BCUT2D eigenvalue weighted by atomic mass is 10.2. The number of hydrogen-bond donors (Lipinski definition) is 0. The minimum atomic E-state index is -0.0765. The second kappa shape index (κ2) is 6.58. The van der Waals surface area contributed by atoms with E-state index in [2.05, 4.69) is 6.92 Å². The Labute approximate surface area is 135 Å². The summed E-state index contributed by atoms with van der Waals surface area (Å²) < 4.78 is 8.91. The molecule has 0 bridgehead atoms. The zero-order valence-corrected chi connectivity index (χ0v) is 13.7. The maximum Gasteiger partial charge on any atom is 0.328 e. The van der Waals surface area contributed by atoms with E-state index < -0.39 is 0 Å². The lowest BCUT2D eigenvalue weighted by Crippen LogP contribution is -2.45. The highest BCUT2D eigenvalue weighted by atomic mass is 16.5. The van der Waals surface area contributed by atoms with Crippen LogP contribution in [0.4, 0.5) is 0 Å². The van der Waals surface area contributed by atoms with Gasteiger partial charge in [0.2, 0.25) is 5.91 Å². The molecule has 1 aliphatic heterocycles. The Hall–Kier alpha value is -2.08. The van der Waals surface area contributed by atoms with Gasteiger partial charge in [0.1, 0.15) is 0 Å². The molecule has 2 aromatic rings. The van der Waals surface area contributed by atoms with E-state index in [1.807, 2.05) is 29.2 Å². The molecule has 6 heteroatoms. The van der Waals surface area contributed by atoms with Crippen molar-refractivity contribution in [2.75, 3.05) is 19.7 Å². The Balaban J connectivity index is 1.72.